The maximum Gasteiger partial charge on any atom is 0.242 e. The van der Waals surface area contributed by atoms with Crippen molar-refractivity contribution < 1.29 is 22.8 Å². The molecule has 8 nitrogen and oxygen atoms in total. The molecule has 37 heavy (non-hydrogen) atoms. The third-order valence-electron chi connectivity index (χ3n) is 5.69. The molecule has 1 N–H and O–H groups in total. The molecule has 3 rings (SSSR count). The minimum Gasteiger partial charge on any atom is -0.355 e. The number of aryl methyl sites for hydroxylation is 1. The first kappa shape index (κ1) is 28.3. The highest BCUT2D eigenvalue weighted by Crippen LogP contribution is 2.21. The first-order valence-corrected chi connectivity index (χ1v) is 13.6. The maximum atomic E-state index is 12.9. The standard InChI is InChI=1S/C28H35N3O5S/c1-28(2,3)36-31(21-32)20-23-11-9-22(10-12-23)13-16-27(33)29-17-18-30(4)37(34,35)26-15-14-24-7-5-6-8-25(24)19-26/h5-12,14-15,19,21H,13,16-18,20H2,1-4H3,(H,29,33). The lowest BCUT2D eigenvalue weighted by atomic mass is 10.1. The molecule has 0 radical (unpaired) electrons. The van der Waals surface area contributed by atoms with Crippen LogP contribution in [0.25, 0.3) is 10.8 Å². The number of hydrogen-bond donors (Lipinski definition) is 1. The molecule has 9 heteroatoms. The number of likely N-dealkylation sites (N-methyl/N-ethyl adjacent to an activating group) is 1. The Morgan fingerprint density at radius 2 is 1.62 bits per heavy atom. The van der Waals surface area contributed by atoms with Gasteiger partial charge in [-0.25, -0.2) is 13.5 Å². The van der Waals surface area contributed by atoms with E-state index in [1.165, 1.54) is 16.4 Å². The Morgan fingerprint density at radius 3 is 2.27 bits per heavy atom. The van der Waals surface area contributed by atoms with Gasteiger partial charge in [0.2, 0.25) is 22.3 Å². The van der Waals surface area contributed by atoms with Gasteiger partial charge in [-0.1, -0.05) is 54.6 Å². The van der Waals surface area contributed by atoms with Crippen LogP contribution in [-0.2, 0) is 37.4 Å². The van der Waals surface area contributed by atoms with Crippen LogP contribution in [0.5, 0.6) is 0 Å². The highest BCUT2D eigenvalue weighted by Gasteiger charge is 2.21. The summed E-state index contributed by atoms with van der Waals surface area (Å²) in [5.41, 5.74) is 1.44. The molecule has 0 bridgehead atoms. The van der Waals surface area contributed by atoms with Gasteiger partial charge in [-0.3, -0.25) is 14.4 Å². The van der Waals surface area contributed by atoms with Crippen LogP contribution >= 0.6 is 0 Å². The fourth-order valence-corrected chi connectivity index (χ4v) is 4.97. The van der Waals surface area contributed by atoms with E-state index in [-0.39, 0.29) is 30.3 Å². The minimum absolute atomic E-state index is 0.147. The number of rotatable bonds is 12. The van der Waals surface area contributed by atoms with E-state index in [2.05, 4.69) is 5.32 Å². The summed E-state index contributed by atoms with van der Waals surface area (Å²) in [5, 5.41) is 5.89. The predicted molar refractivity (Wildman–Crippen MR) is 144 cm³/mol. The summed E-state index contributed by atoms with van der Waals surface area (Å²) < 4.78 is 27.1. The number of nitrogens with one attached hydrogen (secondary N) is 1. The minimum atomic E-state index is -3.66. The lowest BCUT2D eigenvalue weighted by molar-refractivity contribution is -0.220. The van der Waals surface area contributed by atoms with Crippen LogP contribution in [-0.4, -0.2) is 55.8 Å². The maximum absolute atomic E-state index is 12.9. The molecule has 3 aromatic carbocycles. The van der Waals surface area contributed by atoms with E-state index in [1.54, 1.807) is 18.2 Å². The first-order chi connectivity index (χ1) is 17.5. The zero-order valence-corrected chi connectivity index (χ0v) is 22.6. The molecule has 0 unspecified atom stereocenters. The van der Waals surface area contributed by atoms with Gasteiger partial charge in [0.05, 0.1) is 17.0 Å². The van der Waals surface area contributed by atoms with Crippen molar-refractivity contribution >= 4 is 33.1 Å². The second kappa shape index (κ2) is 12.3. The Labute approximate surface area is 219 Å². The van der Waals surface area contributed by atoms with Gasteiger partial charge >= 0.3 is 0 Å². The van der Waals surface area contributed by atoms with Gasteiger partial charge in [-0.2, -0.15) is 4.31 Å². The molecular weight excluding hydrogens is 490 g/mol. The van der Waals surface area contributed by atoms with Gasteiger partial charge in [0.15, 0.2) is 0 Å². The Bertz CT molecular complexity index is 1320. The van der Waals surface area contributed by atoms with E-state index in [1.807, 2.05) is 69.3 Å². The zero-order valence-electron chi connectivity index (χ0n) is 21.8. The molecule has 0 aliphatic rings. The summed E-state index contributed by atoms with van der Waals surface area (Å²) in [6.07, 6.45) is 1.50. The van der Waals surface area contributed by atoms with Crippen molar-refractivity contribution in [2.45, 2.75) is 50.7 Å². The Hall–Kier alpha value is -3.27. The molecular formula is C28H35N3O5S. The number of benzene rings is 3. The van der Waals surface area contributed by atoms with Crippen molar-refractivity contribution in [3.8, 4) is 0 Å². The molecule has 0 aliphatic carbocycles. The fraction of sp³-hybridized carbons (Fsp3) is 0.357. The highest BCUT2D eigenvalue weighted by atomic mass is 32.2. The van der Waals surface area contributed by atoms with E-state index in [9.17, 15) is 18.0 Å². The van der Waals surface area contributed by atoms with Crippen LogP contribution in [0.4, 0.5) is 0 Å². The molecule has 0 atom stereocenters. The van der Waals surface area contributed by atoms with Crippen LogP contribution in [0.1, 0.15) is 38.3 Å². The number of fused-ring (bicyclic) bond motifs is 1. The van der Waals surface area contributed by atoms with Gasteiger partial charge in [0.25, 0.3) is 0 Å². The lowest BCUT2D eigenvalue weighted by Crippen LogP contribution is -2.36. The van der Waals surface area contributed by atoms with Gasteiger partial charge in [-0.05, 0) is 61.2 Å². The first-order valence-electron chi connectivity index (χ1n) is 12.2. The quantitative estimate of drug-likeness (QED) is 0.286. The second-order valence-corrected chi connectivity index (χ2v) is 11.9. The Kier molecular flexibility index (Phi) is 9.42. The molecule has 0 spiro atoms. The summed E-state index contributed by atoms with van der Waals surface area (Å²) in [4.78, 5) is 29.4. The molecule has 0 aliphatic heterocycles. The van der Waals surface area contributed by atoms with Crippen LogP contribution < -0.4 is 5.32 Å². The van der Waals surface area contributed by atoms with Crippen LogP contribution in [0.15, 0.2) is 71.6 Å². The van der Waals surface area contributed by atoms with E-state index in [0.717, 1.165) is 21.9 Å². The zero-order chi connectivity index (χ0) is 27.1. The van der Waals surface area contributed by atoms with Crippen LogP contribution in [0.3, 0.4) is 0 Å². The van der Waals surface area contributed by atoms with Crippen molar-refractivity contribution in [1.29, 1.82) is 0 Å². The van der Waals surface area contributed by atoms with Crippen LogP contribution in [0.2, 0.25) is 0 Å². The monoisotopic (exact) mass is 525 g/mol. The Balaban J connectivity index is 1.44. The van der Waals surface area contributed by atoms with E-state index in [0.29, 0.717) is 19.4 Å². The van der Waals surface area contributed by atoms with Crippen molar-refractivity contribution in [2.24, 2.45) is 0 Å². The van der Waals surface area contributed by atoms with Gasteiger partial charge in [0.1, 0.15) is 0 Å². The number of nitrogens with zero attached hydrogens (tertiary/aromatic N) is 2. The second-order valence-electron chi connectivity index (χ2n) is 9.89. The summed E-state index contributed by atoms with van der Waals surface area (Å²) in [6.45, 7) is 6.34. The van der Waals surface area contributed by atoms with Crippen molar-refractivity contribution in [2.75, 3.05) is 20.1 Å². The average Bonchev–Trinajstić information content (AvgIpc) is 2.86. The number of hydrogen-bond acceptors (Lipinski definition) is 5. The van der Waals surface area contributed by atoms with Crippen LogP contribution in [0, 0.1) is 0 Å². The number of sulfonamides is 1. The summed E-state index contributed by atoms with van der Waals surface area (Å²) in [7, 11) is -2.15. The van der Waals surface area contributed by atoms with Crippen molar-refractivity contribution in [3.05, 3.63) is 77.9 Å². The molecule has 0 heterocycles. The summed E-state index contributed by atoms with van der Waals surface area (Å²) >= 11 is 0. The normalized spacial score (nSPS) is 12.0. The van der Waals surface area contributed by atoms with Gasteiger partial charge in [-0.15, -0.1) is 0 Å². The third kappa shape index (κ3) is 8.38. The number of carbonyl (C=O) groups is 2. The largest absolute Gasteiger partial charge is 0.355 e. The van der Waals surface area contributed by atoms with E-state index in [4.69, 9.17) is 4.84 Å². The third-order valence-corrected chi connectivity index (χ3v) is 7.54. The molecule has 198 valence electrons. The van der Waals surface area contributed by atoms with Crippen molar-refractivity contribution in [1.82, 2.24) is 14.7 Å². The average molecular weight is 526 g/mol. The summed E-state index contributed by atoms with van der Waals surface area (Å²) in [6, 6.07) is 20.3. The van der Waals surface area contributed by atoms with E-state index >= 15 is 0 Å². The Morgan fingerprint density at radius 1 is 0.973 bits per heavy atom. The van der Waals surface area contributed by atoms with Gasteiger partial charge < -0.3 is 5.32 Å². The number of hydroxylamine groups is 2. The molecule has 2 amide bonds. The fourth-order valence-electron chi connectivity index (χ4n) is 3.76. The predicted octanol–water partition coefficient (Wildman–Crippen LogP) is 3.90. The molecule has 0 saturated carbocycles. The molecule has 0 saturated heterocycles. The highest BCUT2D eigenvalue weighted by molar-refractivity contribution is 7.89. The molecule has 3 aromatic rings. The smallest absolute Gasteiger partial charge is 0.242 e. The van der Waals surface area contributed by atoms with Crippen molar-refractivity contribution in [3.63, 3.8) is 0 Å². The topological polar surface area (TPSA) is 96.0 Å². The summed E-state index contributed by atoms with van der Waals surface area (Å²) in [5.74, 6) is -0.147. The number of carbonyl (C=O) groups excluding carboxylic acids is 2. The van der Waals surface area contributed by atoms with Gasteiger partial charge in [0, 0.05) is 26.6 Å². The molecule has 0 aromatic heterocycles. The number of amides is 2. The SMILES string of the molecule is CN(CCNC(=O)CCc1ccc(CN(C=O)OC(C)(C)C)cc1)S(=O)(=O)c1ccc2ccccc2c1. The lowest BCUT2D eigenvalue weighted by Gasteiger charge is -2.26. The molecule has 0 fully saturated rings. The van der Waals surface area contributed by atoms with E-state index < -0.39 is 15.6 Å².